The summed E-state index contributed by atoms with van der Waals surface area (Å²) in [5.41, 5.74) is 4.37. The molecular formula is C25H24N2O6. The van der Waals surface area contributed by atoms with Crippen LogP contribution in [-0.2, 0) is 20.9 Å². The van der Waals surface area contributed by atoms with E-state index in [-0.39, 0.29) is 31.9 Å². The molecule has 3 aromatic rings. The van der Waals surface area contributed by atoms with Gasteiger partial charge in [0.05, 0.1) is 12.8 Å². The van der Waals surface area contributed by atoms with E-state index in [4.69, 9.17) is 14.3 Å². The minimum absolute atomic E-state index is 0.0660. The van der Waals surface area contributed by atoms with Crippen LogP contribution in [0.1, 0.15) is 35.6 Å². The first-order chi connectivity index (χ1) is 16.0. The van der Waals surface area contributed by atoms with E-state index in [2.05, 4.69) is 10.6 Å². The number of carboxylic acids is 1. The van der Waals surface area contributed by atoms with Crippen LogP contribution in [0.3, 0.4) is 0 Å². The Hall–Kier alpha value is -4.07. The van der Waals surface area contributed by atoms with Crippen LogP contribution in [-0.4, -0.2) is 35.7 Å². The number of aliphatic carboxylic acids is 1. The Morgan fingerprint density at radius 3 is 2.24 bits per heavy atom. The van der Waals surface area contributed by atoms with E-state index in [1.54, 1.807) is 12.1 Å². The maximum Gasteiger partial charge on any atom is 0.407 e. The Kier molecular flexibility index (Phi) is 6.73. The molecule has 8 nitrogen and oxygen atoms in total. The zero-order valence-corrected chi connectivity index (χ0v) is 17.8. The van der Waals surface area contributed by atoms with Gasteiger partial charge in [0.25, 0.3) is 0 Å². The molecule has 0 saturated heterocycles. The third-order valence-electron chi connectivity index (χ3n) is 5.62. The van der Waals surface area contributed by atoms with Gasteiger partial charge >= 0.3 is 12.1 Å². The fourth-order valence-corrected chi connectivity index (χ4v) is 4.03. The van der Waals surface area contributed by atoms with Crippen molar-refractivity contribution in [3.8, 4) is 11.1 Å². The van der Waals surface area contributed by atoms with Gasteiger partial charge < -0.3 is 24.9 Å². The molecule has 1 atom stereocenters. The van der Waals surface area contributed by atoms with E-state index in [0.29, 0.717) is 5.76 Å². The molecule has 1 aromatic heterocycles. The van der Waals surface area contributed by atoms with Crippen molar-refractivity contribution in [2.45, 2.75) is 31.3 Å². The Morgan fingerprint density at radius 1 is 0.970 bits per heavy atom. The molecule has 8 heteroatoms. The fraction of sp³-hybridized carbons (Fsp3) is 0.240. The Labute approximate surface area is 190 Å². The minimum Gasteiger partial charge on any atom is -0.481 e. The van der Waals surface area contributed by atoms with E-state index >= 15 is 0 Å². The highest BCUT2D eigenvalue weighted by Crippen LogP contribution is 2.44. The van der Waals surface area contributed by atoms with E-state index in [1.165, 1.54) is 6.26 Å². The van der Waals surface area contributed by atoms with Gasteiger partial charge in [-0.1, -0.05) is 48.5 Å². The number of benzene rings is 2. The van der Waals surface area contributed by atoms with E-state index in [1.807, 2.05) is 48.5 Å². The predicted molar refractivity (Wildman–Crippen MR) is 119 cm³/mol. The summed E-state index contributed by atoms with van der Waals surface area (Å²) in [7, 11) is 0. The second-order valence-corrected chi connectivity index (χ2v) is 7.75. The van der Waals surface area contributed by atoms with Crippen LogP contribution in [0.5, 0.6) is 0 Å². The second-order valence-electron chi connectivity index (χ2n) is 7.75. The van der Waals surface area contributed by atoms with Gasteiger partial charge in [-0.3, -0.25) is 9.59 Å². The predicted octanol–water partition coefficient (Wildman–Crippen LogP) is 3.67. The van der Waals surface area contributed by atoms with E-state index < -0.39 is 24.0 Å². The van der Waals surface area contributed by atoms with Gasteiger partial charge in [0.1, 0.15) is 18.4 Å². The smallest absolute Gasteiger partial charge is 0.407 e. The standard InChI is InChI=1S/C25H24N2O6/c28-23(29)12-11-22(24(30)26-14-16-6-5-13-32-16)27-25(31)33-15-21-19-9-3-1-7-17(19)18-8-2-4-10-20(18)21/h1-10,13,21-22H,11-12,14-15H2,(H,26,30)(H,27,31)(H,28,29). The van der Waals surface area contributed by atoms with Crippen molar-refractivity contribution in [3.05, 3.63) is 83.8 Å². The highest BCUT2D eigenvalue weighted by Gasteiger charge is 2.30. The van der Waals surface area contributed by atoms with Crippen LogP contribution < -0.4 is 10.6 Å². The number of hydrogen-bond donors (Lipinski definition) is 3. The lowest BCUT2D eigenvalue weighted by molar-refractivity contribution is -0.137. The monoisotopic (exact) mass is 448 g/mol. The summed E-state index contributed by atoms with van der Waals surface area (Å²) in [4.78, 5) is 36.1. The average Bonchev–Trinajstić information content (AvgIpc) is 3.45. The van der Waals surface area contributed by atoms with Crippen molar-refractivity contribution in [1.29, 1.82) is 0 Å². The Morgan fingerprint density at radius 2 is 1.64 bits per heavy atom. The van der Waals surface area contributed by atoms with E-state index in [0.717, 1.165) is 22.3 Å². The fourth-order valence-electron chi connectivity index (χ4n) is 4.03. The number of rotatable bonds is 9. The van der Waals surface area contributed by atoms with Gasteiger partial charge in [0, 0.05) is 12.3 Å². The molecule has 0 bridgehead atoms. The molecule has 0 saturated carbocycles. The van der Waals surface area contributed by atoms with Crippen molar-refractivity contribution in [2.75, 3.05) is 6.61 Å². The number of nitrogens with one attached hydrogen (secondary N) is 2. The number of carbonyl (C=O) groups is 3. The molecule has 0 spiro atoms. The zero-order valence-electron chi connectivity index (χ0n) is 17.8. The van der Waals surface area contributed by atoms with Crippen LogP contribution in [0, 0.1) is 0 Å². The number of carbonyl (C=O) groups excluding carboxylic acids is 2. The second kappa shape index (κ2) is 10.0. The maximum atomic E-state index is 12.6. The lowest BCUT2D eigenvalue weighted by Gasteiger charge is -2.19. The molecule has 1 heterocycles. The van der Waals surface area contributed by atoms with Gasteiger partial charge in [0.2, 0.25) is 5.91 Å². The van der Waals surface area contributed by atoms with Gasteiger partial charge in [-0.05, 0) is 40.8 Å². The number of alkyl carbamates (subject to hydrolysis) is 1. The van der Waals surface area contributed by atoms with Crippen LogP contribution >= 0.6 is 0 Å². The molecule has 4 rings (SSSR count). The molecule has 33 heavy (non-hydrogen) atoms. The normalized spacial score (nSPS) is 13.0. The van der Waals surface area contributed by atoms with Crippen molar-refractivity contribution in [1.82, 2.24) is 10.6 Å². The summed E-state index contributed by atoms with van der Waals surface area (Å²) in [5.74, 6) is -1.15. The van der Waals surface area contributed by atoms with Crippen molar-refractivity contribution in [3.63, 3.8) is 0 Å². The molecule has 1 aliphatic rings. The number of hydrogen-bond acceptors (Lipinski definition) is 5. The van der Waals surface area contributed by atoms with Gasteiger partial charge in [-0.15, -0.1) is 0 Å². The summed E-state index contributed by atoms with van der Waals surface area (Å²) in [6.45, 7) is 0.224. The third kappa shape index (κ3) is 5.23. The number of carboxylic acid groups (broad SMARTS) is 1. The molecule has 0 fully saturated rings. The first kappa shape index (κ1) is 22.1. The van der Waals surface area contributed by atoms with Gasteiger partial charge in [-0.25, -0.2) is 4.79 Å². The minimum atomic E-state index is -1.06. The summed E-state index contributed by atoms with van der Waals surface area (Å²) in [6.07, 6.45) is 0.366. The lowest BCUT2D eigenvalue weighted by Crippen LogP contribution is -2.47. The molecular weight excluding hydrogens is 424 g/mol. The van der Waals surface area contributed by atoms with Crippen molar-refractivity contribution in [2.24, 2.45) is 0 Å². The van der Waals surface area contributed by atoms with Crippen molar-refractivity contribution >= 4 is 18.0 Å². The summed E-state index contributed by atoms with van der Waals surface area (Å²) < 4.78 is 10.7. The molecule has 1 unspecified atom stereocenters. The van der Waals surface area contributed by atoms with Crippen molar-refractivity contribution < 1.29 is 28.6 Å². The van der Waals surface area contributed by atoms with Crippen LogP contribution in [0.4, 0.5) is 4.79 Å². The Bertz CT molecular complexity index is 1100. The molecule has 2 amide bonds. The highest BCUT2D eigenvalue weighted by atomic mass is 16.5. The maximum absolute atomic E-state index is 12.6. The Balaban J connectivity index is 1.39. The lowest BCUT2D eigenvalue weighted by atomic mass is 9.98. The average molecular weight is 448 g/mol. The van der Waals surface area contributed by atoms with Crippen LogP contribution in [0.25, 0.3) is 11.1 Å². The molecule has 170 valence electrons. The summed E-state index contributed by atoms with van der Waals surface area (Å²) in [6, 6.07) is 18.3. The largest absolute Gasteiger partial charge is 0.481 e. The van der Waals surface area contributed by atoms with Crippen LogP contribution in [0.15, 0.2) is 71.3 Å². The number of fused-ring (bicyclic) bond motifs is 3. The summed E-state index contributed by atoms with van der Waals surface area (Å²) in [5, 5.41) is 14.1. The molecule has 0 radical (unpaired) electrons. The first-order valence-electron chi connectivity index (χ1n) is 10.7. The number of ether oxygens (including phenoxy) is 1. The molecule has 3 N–H and O–H groups in total. The quantitative estimate of drug-likeness (QED) is 0.460. The molecule has 2 aromatic carbocycles. The number of amides is 2. The molecule has 0 aliphatic heterocycles. The number of furan rings is 1. The van der Waals surface area contributed by atoms with Gasteiger partial charge in [0.15, 0.2) is 0 Å². The van der Waals surface area contributed by atoms with Gasteiger partial charge in [-0.2, -0.15) is 0 Å². The highest BCUT2D eigenvalue weighted by molar-refractivity contribution is 5.86. The summed E-state index contributed by atoms with van der Waals surface area (Å²) >= 11 is 0. The zero-order chi connectivity index (χ0) is 23.2. The molecule has 1 aliphatic carbocycles. The van der Waals surface area contributed by atoms with Crippen LogP contribution in [0.2, 0.25) is 0 Å². The third-order valence-corrected chi connectivity index (χ3v) is 5.62. The first-order valence-corrected chi connectivity index (χ1v) is 10.7. The SMILES string of the molecule is O=C(O)CCC(NC(=O)OCC1c2ccccc2-c2ccccc21)C(=O)NCc1ccco1. The topological polar surface area (TPSA) is 118 Å². The van der Waals surface area contributed by atoms with E-state index in [9.17, 15) is 14.4 Å².